The highest BCUT2D eigenvalue weighted by Gasteiger charge is 2.24. The van der Waals surface area contributed by atoms with Crippen LogP contribution in [0.25, 0.3) is 0 Å². The molecule has 298 valence electrons. The van der Waals surface area contributed by atoms with E-state index in [4.69, 9.17) is 9.05 Å². The van der Waals surface area contributed by atoms with Crippen molar-refractivity contribution in [1.29, 1.82) is 0 Å². The minimum absolute atomic E-state index is 0.0129. The third kappa shape index (κ3) is 35.6. The SMILES string of the molecule is CCCCCCCC/C=C/CCCCCCCCCC(=O)N[C@@H](COP(=O)([O-])OCC[N+](C)(C)C)[C@H](O)CCCCCCCCCCCCC. The summed E-state index contributed by atoms with van der Waals surface area (Å²) in [6.45, 7) is 4.70. The molecule has 8 nitrogen and oxygen atoms in total. The highest BCUT2D eigenvalue weighted by atomic mass is 31.2. The van der Waals surface area contributed by atoms with Crippen LogP contribution >= 0.6 is 7.82 Å². The Morgan fingerprint density at radius 2 is 1.10 bits per heavy atom. The van der Waals surface area contributed by atoms with Crippen LogP contribution in [0, 0.1) is 0 Å². The molecule has 3 atom stereocenters. The van der Waals surface area contributed by atoms with Crippen molar-refractivity contribution in [2.75, 3.05) is 40.9 Å². The molecule has 0 aromatic heterocycles. The van der Waals surface area contributed by atoms with Gasteiger partial charge in [-0.3, -0.25) is 9.36 Å². The summed E-state index contributed by atoms with van der Waals surface area (Å²) >= 11 is 0. The normalized spacial score (nSPS) is 14.6. The van der Waals surface area contributed by atoms with E-state index >= 15 is 0 Å². The molecule has 1 amide bonds. The van der Waals surface area contributed by atoms with Crippen molar-refractivity contribution in [3.8, 4) is 0 Å². The van der Waals surface area contributed by atoms with Crippen molar-refractivity contribution in [3.63, 3.8) is 0 Å². The Labute approximate surface area is 310 Å². The molecule has 0 saturated carbocycles. The highest BCUT2D eigenvalue weighted by molar-refractivity contribution is 7.45. The third-order valence-corrected chi connectivity index (χ3v) is 10.5. The van der Waals surface area contributed by atoms with E-state index < -0.39 is 20.0 Å². The quantitative estimate of drug-likeness (QED) is 0.0283. The number of nitrogens with one attached hydrogen (secondary N) is 1. The number of aliphatic hydroxyl groups is 1. The number of carbonyl (C=O) groups is 1. The maximum Gasteiger partial charge on any atom is 0.268 e. The van der Waals surface area contributed by atoms with Gasteiger partial charge >= 0.3 is 0 Å². The maximum atomic E-state index is 12.8. The lowest BCUT2D eigenvalue weighted by molar-refractivity contribution is -0.870. The standard InChI is InChI=1S/C41H83N2O6P/c1-6-8-10-12-14-16-18-19-20-21-22-23-25-27-29-31-33-35-41(45)42-39(38-49-50(46,47)48-37-36-43(3,4)5)40(44)34-32-30-28-26-24-17-15-13-11-9-7-2/h19-20,39-40,44H,6-18,21-38H2,1-5H3,(H-,42,45,46,47)/b20-19+/t39-,40+/m0/s1. The predicted octanol–water partition coefficient (Wildman–Crippen LogP) is 10.6. The number of aliphatic hydroxyl groups excluding tert-OH is 1. The summed E-state index contributed by atoms with van der Waals surface area (Å²) in [5.74, 6) is -0.170. The molecule has 0 aliphatic carbocycles. The lowest BCUT2D eigenvalue weighted by Crippen LogP contribution is -2.46. The van der Waals surface area contributed by atoms with Gasteiger partial charge in [0.05, 0.1) is 39.9 Å². The van der Waals surface area contributed by atoms with Crippen molar-refractivity contribution in [2.45, 2.75) is 206 Å². The second kappa shape index (κ2) is 34.0. The summed E-state index contributed by atoms with van der Waals surface area (Å²) in [4.78, 5) is 25.2. The molecular formula is C41H83N2O6P. The number of unbranched alkanes of at least 4 members (excludes halogenated alkanes) is 23. The Morgan fingerprint density at radius 3 is 1.56 bits per heavy atom. The number of allylic oxidation sites excluding steroid dienone is 2. The van der Waals surface area contributed by atoms with E-state index in [1.165, 1.54) is 128 Å². The van der Waals surface area contributed by atoms with Gasteiger partial charge in [-0.25, -0.2) is 0 Å². The Bertz CT molecular complexity index is 834. The van der Waals surface area contributed by atoms with Gasteiger partial charge in [0.1, 0.15) is 13.2 Å². The molecule has 0 fully saturated rings. The van der Waals surface area contributed by atoms with Gasteiger partial charge in [-0.2, -0.15) is 0 Å². The van der Waals surface area contributed by atoms with E-state index in [1.54, 1.807) is 0 Å². The number of quaternary nitrogens is 1. The molecule has 1 unspecified atom stereocenters. The number of hydrogen-bond acceptors (Lipinski definition) is 6. The van der Waals surface area contributed by atoms with Gasteiger partial charge in [0.25, 0.3) is 7.82 Å². The molecule has 0 bridgehead atoms. The largest absolute Gasteiger partial charge is 0.756 e. The number of rotatable bonds is 38. The summed E-state index contributed by atoms with van der Waals surface area (Å²) in [6, 6.07) is -0.797. The lowest BCUT2D eigenvalue weighted by atomic mass is 10.0. The molecule has 0 aromatic rings. The average molecular weight is 731 g/mol. The molecule has 50 heavy (non-hydrogen) atoms. The number of likely N-dealkylation sites (N-methyl/N-ethyl adjacent to an activating group) is 1. The van der Waals surface area contributed by atoms with Gasteiger partial charge in [-0.15, -0.1) is 0 Å². The second-order valence-corrected chi connectivity index (χ2v) is 17.1. The second-order valence-electron chi connectivity index (χ2n) is 15.7. The zero-order chi connectivity index (χ0) is 37.2. The van der Waals surface area contributed by atoms with Crippen molar-refractivity contribution in [3.05, 3.63) is 12.2 Å². The van der Waals surface area contributed by atoms with Crippen LogP contribution in [0.5, 0.6) is 0 Å². The van der Waals surface area contributed by atoms with Crippen LogP contribution in [-0.4, -0.2) is 68.5 Å². The first-order valence-corrected chi connectivity index (χ1v) is 22.5. The number of amides is 1. The Morgan fingerprint density at radius 1 is 0.680 bits per heavy atom. The zero-order valence-corrected chi connectivity index (χ0v) is 34.5. The van der Waals surface area contributed by atoms with E-state index in [1.807, 2.05) is 21.1 Å². The first kappa shape index (κ1) is 49.2. The van der Waals surface area contributed by atoms with Crippen LogP contribution in [0.2, 0.25) is 0 Å². The van der Waals surface area contributed by atoms with Crippen LogP contribution in [0.3, 0.4) is 0 Å². The smallest absolute Gasteiger partial charge is 0.268 e. The zero-order valence-electron chi connectivity index (χ0n) is 33.6. The van der Waals surface area contributed by atoms with E-state index in [-0.39, 0.29) is 19.1 Å². The molecule has 0 saturated heterocycles. The van der Waals surface area contributed by atoms with E-state index in [0.717, 1.165) is 38.5 Å². The van der Waals surface area contributed by atoms with Crippen LogP contribution < -0.4 is 10.2 Å². The Hall–Kier alpha value is -0.760. The summed E-state index contributed by atoms with van der Waals surface area (Å²) in [5.41, 5.74) is 0. The molecule has 0 rings (SSSR count). The van der Waals surface area contributed by atoms with Gasteiger partial charge in [0.2, 0.25) is 5.91 Å². The van der Waals surface area contributed by atoms with Crippen LogP contribution in [0.4, 0.5) is 0 Å². The molecular weight excluding hydrogens is 647 g/mol. The number of hydrogen-bond donors (Lipinski definition) is 2. The fraction of sp³-hybridized carbons (Fsp3) is 0.927. The summed E-state index contributed by atoms with van der Waals surface area (Å²) in [7, 11) is 1.30. The number of carbonyl (C=O) groups excluding carboxylic acids is 1. The minimum Gasteiger partial charge on any atom is -0.756 e. The number of nitrogens with zero attached hydrogens (tertiary/aromatic N) is 1. The first-order chi connectivity index (χ1) is 24.0. The third-order valence-electron chi connectivity index (χ3n) is 9.50. The summed E-state index contributed by atoms with van der Waals surface area (Å²) in [6.07, 6.45) is 36.3. The topological polar surface area (TPSA) is 108 Å². The van der Waals surface area contributed by atoms with Gasteiger partial charge in [0, 0.05) is 6.42 Å². The molecule has 0 heterocycles. The minimum atomic E-state index is -4.55. The molecule has 0 aromatic carbocycles. The molecule has 9 heteroatoms. The number of phosphoric ester groups is 1. The monoisotopic (exact) mass is 731 g/mol. The number of phosphoric acid groups is 1. The fourth-order valence-electron chi connectivity index (χ4n) is 6.09. The molecule has 0 aliphatic rings. The van der Waals surface area contributed by atoms with Crippen LogP contribution in [0.15, 0.2) is 12.2 Å². The lowest BCUT2D eigenvalue weighted by Gasteiger charge is -2.30. The average Bonchev–Trinajstić information content (AvgIpc) is 3.06. The van der Waals surface area contributed by atoms with E-state index in [2.05, 4.69) is 31.3 Å². The van der Waals surface area contributed by atoms with Crippen molar-refractivity contribution < 1.29 is 32.9 Å². The Kier molecular flexibility index (Phi) is 33.5. The predicted molar refractivity (Wildman–Crippen MR) is 210 cm³/mol. The molecule has 2 N–H and O–H groups in total. The van der Waals surface area contributed by atoms with Crippen LogP contribution in [-0.2, 0) is 18.4 Å². The van der Waals surface area contributed by atoms with Crippen molar-refractivity contribution in [2.24, 2.45) is 0 Å². The molecule has 0 aliphatic heterocycles. The van der Waals surface area contributed by atoms with Crippen molar-refractivity contribution >= 4 is 13.7 Å². The highest BCUT2D eigenvalue weighted by Crippen LogP contribution is 2.38. The molecule has 0 spiro atoms. The van der Waals surface area contributed by atoms with E-state index in [9.17, 15) is 19.4 Å². The summed E-state index contributed by atoms with van der Waals surface area (Å²) in [5, 5.41) is 13.8. The van der Waals surface area contributed by atoms with Crippen LogP contribution in [0.1, 0.15) is 194 Å². The van der Waals surface area contributed by atoms with Gasteiger partial charge in [-0.05, 0) is 38.5 Å². The van der Waals surface area contributed by atoms with Gasteiger partial charge in [0.15, 0.2) is 0 Å². The maximum absolute atomic E-state index is 12.8. The first-order valence-electron chi connectivity index (χ1n) is 21.0. The van der Waals surface area contributed by atoms with Gasteiger partial charge < -0.3 is 28.8 Å². The van der Waals surface area contributed by atoms with E-state index in [0.29, 0.717) is 23.9 Å². The Balaban J connectivity index is 4.36. The molecule has 0 radical (unpaired) electrons. The fourth-order valence-corrected chi connectivity index (χ4v) is 6.81. The van der Waals surface area contributed by atoms with Gasteiger partial charge in [-0.1, -0.05) is 161 Å². The summed E-state index contributed by atoms with van der Waals surface area (Å²) < 4.78 is 23.2. The van der Waals surface area contributed by atoms with Crippen molar-refractivity contribution in [1.82, 2.24) is 5.32 Å².